The molecular weight excluding hydrogens is 346 g/mol. The molecule has 3 rings (SSSR count). The first-order chi connectivity index (χ1) is 12.6. The van der Waals surface area contributed by atoms with Crippen LogP contribution in [0, 0.1) is 0 Å². The normalized spacial score (nSPS) is 11.8. The zero-order chi connectivity index (χ0) is 18.4. The van der Waals surface area contributed by atoms with Crippen LogP contribution < -0.4 is 5.73 Å². The molecule has 0 fully saturated rings. The number of benzene rings is 3. The first-order valence-corrected chi connectivity index (χ1v) is 8.81. The summed E-state index contributed by atoms with van der Waals surface area (Å²) >= 11 is 6.39. The Morgan fingerprint density at radius 1 is 0.923 bits per heavy atom. The molecule has 4 heteroatoms. The topological polar surface area (TPSA) is 52.3 Å². The summed E-state index contributed by atoms with van der Waals surface area (Å²) in [6.45, 7) is 0.216. The second-order valence-corrected chi connectivity index (χ2v) is 6.48. The molecule has 0 spiro atoms. The molecule has 0 aliphatic carbocycles. The average Bonchev–Trinajstić information content (AvgIpc) is 2.69. The minimum absolute atomic E-state index is 0.216. The van der Waals surface area contributed by atoms with Gasteiger partial charge in [-0.3, -0.25) is 4.79 Å². The fraction of sp³-hybridized carbons (Fsp3) is 0.136. The van der Waals surface area contributed by atoms with E-state index < -0.39 is 12.0 Å². The van der Waals surface area contributed by atoms with Gasteiger partial charge in [0.05, 0.1) is 0 Å². The molecule has 1 atom stereocenters. The van der Waals surface area contributed by atoms with Gasteiger partial charge >= 0.3 is 5.97 Å². The lowest BCUT2D eigenvalue weighted by Crippen LogP contribution is -2.34. The van der Waals surface area contributed by atoms with Crippen LogP contribution in [0.1, 0.15) is 11.1 Å². The number of ether oxygens (including phenoxy) is 1. The molecule has 0 aliphatic heterocycles. The molecule has 3 aromatic rings. The number of carbonyl (C=O) groups is 1. The third-order valence-electron chi connectivity index (χ3n) is 4.13. The standard InChI is InChI=1S/C22H20ClNO2/c23-20-13-18(17-9-5-2-6-10-17)11-12-19(20)14-21(24)22(25)26-15-16-7-3-1-4-8-16/h1-13,21H,14-15,24H2/t21-/m0/s1. The average molecular weight is 366 g/mol. The van der Waals surface area contributed by atoms with E-state index in [0.29, 0.717) is 11.4 Å². The number of hydrogen-bond donors (Lipinski definition) is 1. The summed E-state index contributed by atoms with van der Waals surface area (Å²) in [5, 5.41) is 0.595. The van der Waals surface area contributed by atoms with Crippen molar-refractivity contribution in [3.8, 4) is 11.1 Å². The van der Waals surface area contributed by atoms with E-state index in [1.165, 1.54) is 0 Å². The second-order valence-electron chi connectivity index (χ2n) is 6.08. The molecule has 26 heavy (non-hydrogen) atoms. The van der Waals surface area contributed by atoms with E-state index in [1.54, 1.807) is 0 Å². The summed E-state index contributed by atoms with van der Waals surface area (Å²) in [6.07, 6.45) is 0.335. The Kier molecular flexibility index (Phi) is 6.05. The molecule has 0 radical (unpaired) electrons. The second kappa shape index (κ2) is 8.65. The van der Waals surface area contributed by atoms with Crippen LogP contribution in [-0.4, -0.2) is 12.0 Å². The quantitative estimate of drug-likeness (QED) is 0.648. The lowest BCUT2D eigenvalue weighted by Gasteiger charge is -2.13. The number of carbonyl (C=O) groups excluding carboxylic acids is 1. The summed E-state index contributed by atoms with van der Waals surface area (Å²) in [5.74, 6) is -0.433. The largest absolute Gasteiger partial charge is 0.460 e. The van der Waals surface area contributed by atoms with Crippen LogP contribution in [0.25, 0.3) is 11.1 Å². The van der Waals surface area contributed by atoms with Crippen LogP contribution in [0.2, 0.25) is 5.02 Å². The molecule has 0 heterocycles. The summed E-state index contributed by atoms with van der Waals surface area (Å²) in [7, 11) is 0. The van der Waals surface area contributed by atoms with Gasteiger partial charge in [-0.1, -0.05) is 84.4 Å². The molecule has 0 bridgehead atoms. The summed E-state index contributed by atoms with van der Waals surface area (Å²) in [6, 6.07) is 24.5. The predicted molar refractivity (Wildman–Crippen MR) is 105 cm³/mol. The van der Waals surface area contributed by atoms with E-state index in [9.17, 15) is 4.79 Å². The Labute approximate surface area is 158 Å². The lowest BCUT2D eigenvalue weighted by molar-refractivity contribution is -0.146. The van der Waals surface area contributed by atoms with Gasteiger partial charge in [-0.2, -0.15) is 0 Å². The van der Waals surface area contributed by atoms with Crippen molar-refractivity contribution in [2.45, 2.75) is 19.1 Å². The van der Waals surface area contributed by atoms with Crippen molar-refractivity contribution >= 4 is 17.6 Å². The molecule has 2 N–H and O–H groups in total. The number of rotatable bonds is 6. The monoisotopic (exact) mass is 365 g/mol. The Balaban J connectivity index is 1.61. The molecule has 0 aliphatic rings. The van der Waals surface area contributed by atoms with E-state index in [2.05, 4.69) is 0 Å². The molecule has 3 aromatic carbocycles. The van der Waals surface area contributed by atoms with Gasteiger partial charge in [0.15, 0.2) is 0 Å². The van der Waals surface area contributed by atoms with Gasteiger partial charge < -0.3 is 10.5 Å². The van der Waals surface area contributed by atoms with Crippen molar-refractivity contribution in [3.05, 3.63) is 95.0 Å². The fourth-order valence-corrected chi connectivity index (χ4v) is 2.94. The van der Waals surface area contributed by atoms with Gasteiger partial charge in [0.2, 0.25) is 0 Å². The molecule has 0 amide bonds. The Hall–Kier alpha value is -2.62. The summed E-state index contributed by atoms with van der Waals surface area (Å²) in [5.41, 5.74) is 9.87. The molecule has 0 saturated heterocycles. The van der Waals surface area contributed by atoms with Gasteiger partial charge in [-0.15, -0.1) is 0 Å². The van der Waals surface area contributed by atoms with Gasteiger partial charge in [0, 0.05) is 5.02 Å². The van der Waals surface area contributed by atoms with Crippen molar-refractivity contribution in [1.29, 1.82) is 0 Å². The SMILES string of the molecule is N[C@@H](Cc1ccc(-c2ccccc2)cc1Cl)C(=O)OCc1ccccc1. The van der Waals surface area contributed by atoms with E-state index >= 15 is 0 Å². The third kappa shape index (κ3) is 4.72. The first kappa shape index (κ1) is 18.2. The Bertz CT molecular complexity index is 866. The molecule has 0 aromatic heterocycles. The minimum atomic E-state index is -0.751. The maximum Gasteiger partial charge on any atom is 0.323 e. The Morgan fingerprint density at radius 2 is 1.58 bits per heavy atom. The zero-order valence-corrected chi connectivity index (χ0v) is 15.0. The third-order valence-corrected chi connectivity index (χ3v) is 4.48. The fourth-order valence-electron chi connectivity index (χ4n) is 2.68. The zero-order valence-electron chi connectivity index (χ0n) is 14.3. The molecule has 0 saturated carbocycles. The van der Waals surface area contributed by atoms with Gasteiger partial charge in [0.25, 0.3) is 0 Å². The molecular formula is C22H20ClNO2. The highest BCUT2D eigenvalue weighted by atomic mass is 35.5. The maximum absolute atomic E-state index is 12.1. The van der Waals surface area contributed by atoms with Crippen LogP contribution >= 0.6 is 11.6 Å². The van der Waals surface area contributed by atoms with Crippen molar-refractivity contribution in [3.63, 3.8) is 0 Å². The first-order valence-electron chi connectivity index (χ1n) is 8.43. The number of nitrogens with two attached hydrogens (primary N) is 1. The molecule has 132 valence electrons. The van der Waals surface area contributed by atoms with Gasteiger partial charge in [-0.05, 0) is 34.7 Å². The van der Waals surface area contributed by atoms with Crippen LogP contribution in [0.15, 0.2) is 78.9 Å². The number of halogens is 1. The number of hydrogen-bond acceptors (Lipinski definition) is 3. The number of esters is 1. The highest BCUT2D eigenvalue weighted by molar-refractivity contribution is 6.31. The predicted octanol–water partition coefficient (Wildman–Crippen LogP) is 4.62. The van der Waals surface area contributed by atoms with E-state index in [0.717, 1.165) is 22.3 Å². The van der Waals surface area contributed by atoms with Crippen molar-refractivity contribution in [2.75, 3.05) is 0 Å². The molecule has 3 nitrogen and oxygen atoms in total. The van der Waals surface area contributed by atoms with Gasteiger partial charge in [0.1, 0.15) is 12.6 Å². The smallest absolute Gasteiger partial charge is 0.323 e. The Morgan fingerprint density at radius 3 is 2.23 bits per heavy atom. The van der Waals surface area contributed by atoms with Crippen LogP contribution in [0.3, 0.4) is 0 Å². The van der Waals surface area contributed by atoms with Crippen molar-refractivity contribution in [1.82, 2.24) is 0 Å². The van der Waals surface area contributed by atoms with Crippen molar-refractivity contribution < 1.29 is 9.53 Å². The highest BCUT2D eigenvalue weighted by Crippen LogP contribution is 2.26. The lowest BCUT2D eigenvalue weighted by atomic mass is 10.0. The molecule has 0 unspecified atom stereocenters. The van der Waals surface area contributed by atoms with E-state index in [-0.39, 0.29) is 6.61 Å². The van der Waals surface area contributed by atoms with Crippen LogP contribution in [0.4, 0.5) is 0 Å². The van der Waals surface area contributed by atoms with Crippen molar-refractivity contribution in [2.24, 2.45) is 5.73 Å². The highest BCUT2D eigenvalue weighted by Gasteiger charge is 2.17. The van der Waals surface area contributed by atoms with Crippen LogP contribution in [0.5, 0.6) is 0 Å². The summed E-state index contributed by atoms with van der Waals surface area (Å²) in [4.78, 5) is 12.1. The summed E-state index contributed by atoms with van der Waals surface area (Å²) < 4.78 is 5.29. The maximum atomic E-state index is 12.1. The van der Waals surface area contributed by atoms with E-state index in [1.807, 2.05) is 78.9 Å². The van der Waals surface area contributed by atoms with E-state index in [4.69, 9.17) is 22.1 Å². The van der Waals surface area contributed by atoms with Crippen LogP contribution in [-0.2, 0) is 22.6 Å². The van der Waals surface area contributed by atoms with Gasteiger partial charge in [-0.25, -0.2) is 0 Å². The minimum Gasteiger partial charge on any atom is -0.460 e.